The van der Waals surface area contributed by atoms with Crippen LogP contribution in [-0.2, 0) is 9.59 Å². The third-order valence-electron chi connectivity index (χ3n) is 4.06. The average molecular weight is 407 g/mol. The molecule has 10 heteroatoms. The first-order valence-corrected chi connectivity index (χ1v) is 8.58. The molecule has 0 saturated heterocycles. The van der Waals surface area contributed by atoms with Crippen LogP contribution in [0, 0.1) is 0 Å². The summed E-state index contributed by atoms with van der Waals surface area (Å²) in [6.07, 6.45) is -4.97. The minimum Gasteiger partial charge on any atom is -0.406 e. The Bertz CT molecular complexity index is 946. The van der Waals surface area contributed by atoms with Crippen LogP contribution in [0.15, 0.2) is 48.5 Å². The minimum atomic E-state index is -4.84. The fourth-order valence-electron chi connectivity index (χ4n) is 2.78. The topological polar surface area (TPSA) is 96.5 Å². The number of rotatable bonds is 5. The molecule has 1 heterocycles. The molecule has 0 spiro atoms. The Kier molecular flexibility index (Phi) is 5.71. The van der Waals surface area contributed by atoms with Crippen molar-refractivity contribution in [3.8, 4) is 5.75 Å². The van der Waals surface area contributed by atoms with Gasteiger partial charge < -0.3 is 20.7 Å². The summed E-state index contributed by atoms with van der Waals surface area (Å²) in [5, 5.41) is 7.63. The molecule has 1 aliphatic heterocycles. The molecule has 1 atom stereocenters. The standard InChI is InChI=1S/C19H16F3N3O4/c20-19(21,22)29-12-5-3-4-11(10-12)23-16(26)9-8-15-18(28)24-14-7-2-1-6-13(14)17(27)25-15/h1-7,10,15H,8-9H2,(H,23,26)(H,24,28)(H,25,27). The fraction of sp³-hybridized carbons (Fsp3) is 0.211. The Morgan fingerprint density at radius 1 is 1.10 bits per heavy atom. The van der Waals surface area contributed by atoms with E-state index >= 15 is 0 Å². The van der Waals surface area contributed by atoms with Gasteiger partial charge in [-0.15, -0.1) is 13.2 Å². The quantitative estimate of drug-likeness (QED) is 0.710. The van der Waals surface area contributed by atoms with Gasteiger partial charge >= 0.3 is 6.36 Å². The van der Waals surface area contributed by atoms with Gasteiger partial charge in [0, 0.05) is 18.2 Å². The number of para-hydroxylation sites is 1. The zero-order chi connectivity index (χ0) is 21.0. The van der Waals surface area contributed by atoms with Crippen molar-refractivity contribution in [3.63, 3.8) is 0 Å². The van der Waals surface area contributed by atoms with E-state index in [0.29, 0.717) is 11.3 Å². The Hall–Kier alpha value is -3.56. The van der Waals surface area contributed by atoms with Gasteiger partial charge in [0.15, 0.2) is 0 Å². The van der Waals surface area contributed by atoms with Crippen LogP contribution in [0.4, 0.5) is 24.5 Å². The lowest BCUT2D eigenvalue weighted by molar-refractivity contribution is -0.274. The van der Waals surface area contributed by atoms with E-state index in [4.69, 9.17) is 0 Å². The molecule has 0 fully saturated rings. The zero-order valence-electron chi connectivity index (χ0n) is 14.9. The Morgan fingerprint density at radius 3 is 2.62 bits per heavy atom. The van der Waals surface area contributed by atoms with E-state index in [1.165, 1.54) is 12.1 Å². The number of hydrogen-bond acceptors (Lipinski definition) is 4. The number of nitrogens with one attached hydrogen (secondary N) is 3. The van der Waals surface area contributed by atoms with Crippen LogP contribution in [0.1, 0.15) is 23.2 Å². The van der Waals surface area contributed by atoms with Gasteiger partial charge in [0.2, 0.25) is 11.8 Å². The van der Waals surface area contributed by atoms with Crippen LogP contribution in [0.5, 0.6) is 5.75 Å². The maximum absolute atomic E-state index is 12.3. The van der Waals surface area contributed by atoms with Crippen LogP contribution in [0.3, 0.4) is 0 Å². The second-order valence-electron chi connectivity index (χ2n) is 6.22. The van der Waals surface area contributed by atoms with Crippen molar-refractivity contribution in [2.45, 2.75) is 25.2 Å². The minimum absolute atomic E-state index is 0.0101. The van der Waals surface area contributed by atoms with E-state index in [2.05, 4.69) is 20.7 Å². The molecule has 152 valence electrons. The molecule has 2 aromatic rings. The van der Waals surface area contributed by atoms with Gasteiger partial charge in [-0.25, -0.2) is 0 Å². The molecule has 3 rings (SSSR count). The summed E-state index contributed by atoms with van der Waals surface area (Å²) < 4.78 is 40.6. The van der Waals surface area contributed by atoms with Crippen LogP contribution in [0.2, 0.25) is 0 Å². The highest BCUT2D eigenvalue weighted by Crippen LogP contribution is 2.25. The number of carbonyl (C=O) groups excluding carboxylic acids is 3. The van der Waals surface area contributed by atoms with Crippen LogP contribution < -0.4 is 20.7 Å². The number of hydrogen-bond donors (Lipinski definition) is 3. The number of benzene rings is 2. The number of fused-ring (bicyclic) bond motifs is 1. The Labute approximate surface area is 163 Å². The highest BCUT2D eigenvalue weighted by atomic mass is 19.4. The largest absolute Gasteiger partial charge is 0.573 e. The van der Waals surface area contributed by atoms with E-state index in [1.54, 1.807) is 24.3 Å². The van der Waals surface area contributed by atoms with E-state index in [0.717, 1.165) is 12.1 Å². The van der Waals surface area contributed by atoms with Crippen LogP contribution in [-0.4, -0.2) is 30.1 Å². The van der Waals surface area contributed by atoms with Gasteiger partial charge in [-0.05, 0) is 30.7 Å². The molecule has 3 N–H and O–H groups in total. The first-order valence-electron chi connectivity index (χ1n) is 8.58. The lowest BCUT2D eigenvalue weighted by Crippen LogP contribution is -2.41. The highest BCUT2D eigenvalue weighted by molar-refractivity contribution is 6.09. The second kappa shape index (κ2) is 8.21. The summed E-state index contributed by atoms with van der Waals surface area (Å²) in [4.78, 5) is 36.7. The molecule has 7 nitrogen and oxygen atoms in total. The lowest BCUT2D eigenvalue weighted by atomic mass is 10.1. The van der Waals surface area contributed by atoms with Crippen molar-refractivity contribution in [2.75, 3.05) is 10.6 Å². The van der Waals surface area contributed by atoms with Gasteiger partial charge in [-0.1, -0.05) is 18.2 Å². The molecule has 29 heavy (non-hydrogen) atoms. The van der Waals surface area contributed by atoms with Crippen molar-refractivity contribution < 1.29 is 32.3 Å². The molecule has 0 aromatic heterocycles. The number of amides is 3. The fourth-order valence-corrected chi connectivity index (χ4v) is 2.78. The summed E-state index contributed by atoms with van der Waals surface area (Å²) in [5.41, 5.74) is 0.802. The average Bonchev–Trinajstić information content (AvgIpc) is 2.75. The predicted octanol–water partition coefficient (Wildman–Crippen LogP) is 3.05. The summed E-state index contributed by atoms with van der Waals surface area (Å²) in [6, 6.07) is 10.4. The van der Waals surface area contributed by atoms with Crippen molar-refractivity contribution >= 4 is 29.1 Å². The zero-order valence-corrected chi connectivity index (χ0v) is 14.9. The van der Waals surface area contributed by atoms with E-state index in [9.17, 15) is 27.6 Å². The second-order valence-corrected chi connectivity index (χ2v) is 6.22. The molecule has 1 aliphatic rings. The summed E-state index contributed by atoms with van der Waals surface area (Å²) >= 11 is 0. The van der Waals surface area contributed by atoms with Gasteiger partial charge in [-0.2, -0.15) is 0 Å². The van der Waals surface area contributed by atoms with Gasteiger partial charge in [-0.3, -0.25) is 14.4 Å². The highest BCUT2D eigenvalue weighted by Gasteiger charge is 2.31. The summed E-state index contributed by atoms with van der Waals surface area (Å²) in [6.45, 7) is 0. The van der Waals surface area contributed by atoms with E-state index in [-0.39, 0.29) is 18.5 Å². The molecule has 2 aromatic carbocycles. The number of carbonyl (C=O) groups is 3. The van der Waals surface area contributed by atoms with Crippen molar-refractivity contribution in [2.24, 2.45) is 0 Å². The molecule has 0 aliphatic carbocycles. The van der Waals surface area contributed by atoms with Crippen molar-refractivity contribution in [1.29, 1.82) is 0 Å². The Balaban J connectivity index is 1.58. The third-order valence-corrected chi connectivity index (χ3v) is 4.06. The normalized spacial score (nSPS) is 16.2. The van der Waals surface area contributed by atoms with E-state index in [1.807, 2.05) is 0 Å². The maximum atomic E-state index is 12.3. The molecular weight excluding hydrogens is 391 g/mol. The molecular formula is C19H16F3N3O4. The van der Waals surface area contributed by atoms with Crippen molar-refractivity contribution in [1.82, 2.24) is 5.32 Å². The predicted molar refractivity (Wildman–Crippen MR) is 97.3 cm³/mol. The Morgan fingerprint density at radius 2 is 1.86 bits per heavy atom. The number of alkyl halides is 3. The first-order chi connectivity index (χ1) is 13.7. The molecule has 0 radical (unpaired) electrons. The van der Waals surface area contributed by atoms with E-state index < -0.39 is 35.9 Å². The third kappa shape index (κ3) is 5.47. The number of halogens is 3. The molecule has 1 unspecified atom stereocenters. The SMILES string of the molecule is O=C(CCC1NC(=O)c2ccccc2NC1=O)Nc1cccc(OC(F)(F)F)c1. The first kappa shape index (κ1) is 20.2. The maximum Gasteiger partial charge on any atom is 0.573 e. The number of anilines is 2. The number of ether oxygens (including phenoxy) is 1. The summed E-state index contributed by atoms with van der Waals surface area (Å²) in [5.74, 6) is -1.90. The smallest absolute Gasteiger partial charge is 0.406 e. The monoisotopic (exact) mass is 407 g/mol. The molecule has 3 amide bonds. The van der Waals surface area contributed by atoms with Gasteiger partial charge in [0.1, 0.15) is 11.8 Å². The van der Waals surface area contributed by atoms with Gasteiger partial charge in [0.05, 0.1) is 11.3 Å². The van der Waals surface area contributed by atoms with Crippen LogP contribution in [0.25, 0.3) is 0 Å². The lowest BCUT2D eigenvalue weighted by Gasteiger charge is -2.14. The van der Waals surface area contributed by atoms with Crippen LogP contribution >= 0.6 is 0 Å². The summed E-state index contributed by atoms with van der Waals surface area (Å²) in [7, 11) is 0. The molecule has 0 bridgehead atoms. The van der Waals surface area contributed by atoms with Gasteiger partial charge in [0.25, 0.3) is 5.91 Å². The molecule has 0 saturated carbocycles. The van der Waals surface area contributed by atoms with Crippen molar-refractivity contribution in [3.05, 3.63) is 54.1 Å².